The number of amides is 1. The molecule has 5 nitrogen and oxygen atoms in total. The molecule has 0 bridgehead atoms. The van der Waals surface area contributed by atoms with Crippen LogP contribution in [0.25, 0.3) is 10.9 Å². The molecule has 0 saturated carbocycles. The summed E-state index contributed by atoms with van der Waals surface area (Å²) in [7, 11) is 0. The summed E-state index contributed by atoms with van der Waals surface area (Å²) in [6.07, 6.45) is 0. The van der Waals surface area contributed by atoms with Gasteiger partial charge in [0, 0.05) is 67.3 Å². The first-order valence-electron chi connectivity index (χ1n) is 9.07. The number of likely N-dealkylation sites (tertiary alicyclic amines) is 1. The number of benzene rings is 1. The first-order chi connectivity index (χ1) is 12.0. The van der Waals surface area contributed by atoms with Crippen LogP contribution in [0, 0.1) is 0 Å². The van der Waals surface area contributed by atoms with Crippen molar-refractivity contribution >= 4 is 28.4 Å². The van der Waals surface area contributed by atoms with Crippen molar-refractivity contribution in [3.05, 3.63) is 35.0 Å². The van der Waals surface area contributed by atoms with Gasteiger partial charge in [-0.1, -0.05) is 11.6 Å². The van der Waals surface area contributed by atoms with Crippen molar-refractivity contribution in [3.8, 4) is 0 Å². The van der Waals surface area contributed by atoms with Crippen molar-refractivity contribution in [1.29, 1.82) is 0 Å². The van der Waals surface area contributed by atoms with Crippen LogP contribution in [-0.4, -0.2) is 76.9 Å². The summed E-state index contributed by atoms with van der Waals surface area (Å²) >= 11 is 6.03. The smallest absolute Gasteiger partial charge is 0.270 e. The number of nitrogens with one attached hydrogen (secondary N) is 1. The summed E-state index contributed by atoms with van der Waals surface area (Å²) in [6.45, 7) is 10.6. The van der Waals surface area contributed by atoms with E-state index in [0.717, 1.165) is 50.2 Å². The molecule has 25 heavy (non-hydrogen) atoms. The van der Waals surface area contributed by atoms with E-state index in [-0.39, 0.29) is 5.91 Å². The van der Waals surface area contributed by atoms with Crippen molar-refractivity contribution < 1.29 is 4.79 Å². The number of rotatable bonds is 3. The fourth-order valence-electron chi connectivity index (χ4n) is 3.86. The van der Waals surface area contributed by atoms with Crippen molar-refractivity contribution in [1.82, 2.24) is 19.7 Å². The molecule has 2 fully saturated rings. The summed E-state index contributed by atoms with van der Waals surface area (Å²) in [6, 6.07) is 8.68. The molecule has 0 aliphatic carbocycles. The van der Waals surface area contributed by atoms with Crippen molar-refractivity contribution in [2.24, 2.45) is 0 Å². The molecule has 2 aliphatic rings. The second-order valence-corrected chi connectivity index (χ2v) is 7.88. The molecular weight excluding hydrogens is 336 g/mol. The number of halogens is 1. The zero-order valence-electron chi connectivity index (χ0n) is 14.8. The average molecular weight is 361 g/mol. The highest BCUT2D eigenvalue weighted by atomic mass is 35.5. The fourth-order valence-corrected chi connectivity index (χ4v) is 4.04. The summed E-state index contributed by atoms with van der Waals surface area (Å²) in [4.78, 5) is 22.9. The number of aromatic nitrogens is 1. The number of carbonyl (C=O) groups is 1. The van der Waals surface area contributed by atoms with Gasteiger partial charge in [0.25, 0.3) is 5.91 Å². The van der Waals surface area contributed by atoms with Gasteiger partial charge in [-0.05, 0) is 38.1 Å². The minimum atomic E-state index is 0.0874. The Hall–Kier alpha value is -1.56. The Morgan fingerprint density at radius 2 is 1.88 bits per heavy atom. The van der Waals surface area contributed by atoms with Crippen LogP contribution in [0.2, 0.25) is 5.02 Å². The Labute approximate surface area is 153 Å². The van der Waals surface area contributed by atoms with E-state index in [1.165, 1.54) is 0 Å². The van der Waals surface area contributed by atoms with Crippen LogP contribution < -0.4 is 0 Å². The zero-order valence-corrected chi connectivity index (χ0v) is 15.6. The molecule has 1 aromatic heterocycles. The van der Waals surface area contributed by atoms with Gasteiger partial charge in [0.1, 0.15) is 5.69 Å². The minimum Gasteiger partial charge on any atom is -0.351 e. The van der Waals surface area contributed by atoms with Gasteiger partial charge in [0.15, 0.2) is 0 Å². The van der Waals surface area contributed by atoms with Crippen LogP contribution in [0.5, 0.6) is 0 Å². The highest BCUT2D eigenvalue weighted by Crippen LogP contribution is 2.24. The Balaban J connectivity index is 1.34. The maximum absolute atomic E-state index is 12.7. The van der Waals surface area contributed by atoms with Gasteiger partial charge in [-0.15, -0.1) is 0 Å². The lowest BCUT2D eigenvalue weighted by molar-refractivity contribution is 0.00293. The molecule has 2 saturated heterocycles. The van der Waals surface area contributed by atoms with Gasteiger partial charge in [-0.2, -0.15) is 0 Å². The van der Waals surface area contributed by atoms with E-state index in [2.05, 4.69) is 28.6 Å². The highest BCUT2D eigenvalue weighted by molar-refractivity contribution is 6.31. The SMILES string of the molecule is CC(C)N1CCN(C2CN(C(=O)c3cc4cc(Cl)ccc4[nH]3)C2)CC1. The van der Waals surface area contributed by atoms with Gasteiger partial charge in [-0.25, -0.2) is 0 Å². The van der Waals surface area contributed by atoms with Crippen LogP contribution >= 0.6 is 11.6 Å². The largest absolute Gasteiger partial charge is 0.351 e. The van der Waals surface area contributed by atoms with E-state index in [9.17, 15) is 4.79 Å². The van der Waals surface area contributed by atoms with E-state index < -0.39 is 0 Å². The lowest BCUT2D eigenvalue weighted by Crippen LogP contribution is -2.64. The van der Waals surface area contributed by atoms with E-state index in [4.69, 9.17) is 11.6 Å². The summed E-state index contributed by atoms with van der Waals surface area (Å²) in [5.74, 6) is 0.0874. The van der Waals surface area contributed by atoms with Crippen molar-refractivity contribution in [2.45, 2.75) is 25.9 Å². The van der Waals surface area contributed by atoms with Crippen LogP contribution in [0.15, 0.2) is 24.3 Å². The Morgan fingerprint density at radius 1 is 1.16 bits per heavy atom. The fraction of sp³-hybridized carbons (Fsp3) is 0.526. The van der Waals surface area contributed by atoms with Gasteiger partial charge < -0.3 is 9.88 Å². The topological polar surface area (TPSA) is 42.6 Å². The quantitative estimate of drug-likeness (QED) is 0.915. The number of hydrogen-bond donors (Lipinski definition) is 1. The predicted molar refractivity (Wildman–Crippen MR) is 101 cm³/mol. The van der Waals surface area contributed by atoms with Crippen molar-refractivity contribution in [2.75, 3.05) is 39.3 Å². The molecule has 0 spiro atoms. The van der Waals surface area contributed by atoms with E-state index in [1.807, 2.05) is 29.2 Å². The third-order valence-electron chi connectivity index (χ3n) is 5.56. The van der Waals surface area contributed by atoms with Crippen LogP contribution in [-0.2, 0) is 0 Å². The average Bonchev–Trinajstić information content (AvgIpc) is 2.97. The summed E-state index contributed by atoms with van der Waals surface area (Å²) < 4.78 is 0. The van der Waals surface area contributed by atoms with E-state index in [0.29, 0.717) is 22.8 Å². The second kappa shape index (κ2) is 6.63. The van der Waals surface area contributed by atoms with Crippen LogP contribution in [0.1, 0.15) is 24.3 Å². The molecule has 1 amide bonds. The molecule has 0 unspecified atom stereocenters. The molecule has 1 N–H and O–H groups in total. The molecule has 2 aliphatic heterocycles. The number of H-pyrrole nitrogens is 1. The number of nitrogens with zero attached hydrogens (tertiary/aromatic N) is 3. The first kappa shape index (κ1) is 16.9. The van der Waals surface area contributed by atoms with Crippen molar-refractivity contribution in [3.63, 3.8) is 0 Å². The maximum Gasteiger partial charge on any atom is 0.270 e. The lowest BCUT2D eigenvalue weighted by atomic mass is 10.0. The van der Waals surface area contributed by atoms with Gasteiger partial charge in [-0.3, -0.25) is 14.6 Å². The Morgan fingerprint density at radius 3 is 2.56 bits per heavy atom. The lowest BCUT2D eigenvalue weighted by Gasteiger charge is -2.48. The molecule has 6 heteroatoms. The summed E-state index contributed by atoms with van der Waals surface area (Å²) in [5, 5.41) is 1.67. The summed E-state index contributed by atoms with van der Waals surface area (Å²) in [5.41, 5.74) is 1.61. The number of fused-ring (bicyclic) bond motifs is 1. The highest BCUT2D eigenvalue weighted by Gasteiger charge is 2.36. The number of carbonyl (C=O) groups excluding carboxylic acids is 1. The molecule has 0 radical (unpaired) electrons. The normalized spacial score (nSPS) is 20.4. The Bertz CT molecular complexity index is 773. The predicted octanol–water partition coefficient (Wildman–Crippen LogP) is 2.67. The van der Waals surface area contributed by atoms with E-state index >= 15 is 0 Å². The molecule has 134 valence electrons. The van der Waals surface area contributed by atoms with Gasteiger partial charge >= 0.3 is 0 Å². The maximum atomic E-state index is 12.7. The third-order valence-corrected chi connectivity index (χ3v) is 5.79. The first-order valence-corrected chi connectivity index (χ1v) is 9.45. The minimum absolute atomic E-state index is 0.0874. The molecule has 1 aromatic carbocycles. The second-order valence-electron chi connectivity index (χ2n) is 7.44. The molecule has 4 rings (SSSR count). The van der Waals surface area contributed by atoms with E-state index in [1.54, 1.807) is 0 Å². The number of piperazine rings is 1. The molecule has 3 heterocycles. The Kier molecular flexibility index (Phi) is 4.48. The number of hydrogen-bond acceptors (Lipinski definition) is 3. The third kappa shape index (κ3) is 3.28. The monoisotopic (exact) mass is 360 g/mol. The van der Waals surface area contributed by atoms with Gasteiger partial charge in [0.2, 0.25) is 0 Å². The molecule has 0 atom stereocenters. The molecule has 2 aromatic rings. The van der Waals surface area contributed by atoms with Crippen LogP contribution in [0.4, 0.5) is 0 Å². The van der Waals surface area contributed by atoms with Crippen LogP contribution in [0.3, 0.4) is 0 Å². The van der Waals surface area contributed by atoms with Gasteiger partial charge in [0.05, 0.1) is 0 Å². The molecular formula is C19H25ClN4O. The zero-order chi connectivity index (χ0) is 17.6. The number of aromatic amines is 1. The standard InChI is InChI=1S/C19H25ClN4O/c1-13(2)22-5-7-23(8-6-22)16-11-24(12-16)19(25)18-10-14-9-15(20)3-4-17(14)21-18/h3-4,9-10,13,16,21H,5-8,11-12H2,1-2H3.